The first-order valence-electron chi connectivity index (χ1n) is 9.69. The number of hydrogen-bond donors (Lipinski definition) is 0. The molecule has 2 saturated carbocycles. The van der Waals surface area contributed by atoms with E-state index in [2.05, 4.69) is 22.2 Å². The van der Waals surface area contributed by atoms with Crippen molar-refractivity contribution in [3.8, 4) is 11.3 Å². The molecule has 0 spiro atoms. The van der Waals surface area contributed by atoms with Gasteiger partial charge in [0.1, 0.15) is 11.6 Å². The molecule has 0 amide bonds. The van der Waals surface area contributed by atoms with Crippen molar-refractivity contribution in [1.29, 1.82) is 0 Å². The van der Waals surface area contributed by atoms with Gasteiger partial charge in [0.15, 0.2) is 0 Å². The molecule has 3 aromatic rings. The lowest BCUT2D eigenvalue weighted by Gasteiger charge is -2.50. The second-order valence-electron chi connectivity index (χ2n) is 8.96. The van der Waals surface area contributed by atoms with Gasteiger partial charge in [-0.1, -0.05) is 13.0 Å². The minimum Gasteiger partial charge on any atom is -0.391 e. The van der Waals surface area contributed by atoms with Crippen LogP contribution in [0.4, 0.5) is 8.78 Å². The van der Waals surface area contributed by atoms with Gasteiger partial charge in [-0.3, -0.25) is 0 Å². The second kappa shape index (κ2) is 5.17. The first-order valence-corrected chi connectivity index (χ1v) is 9.69. The van der Waals surface area contributed by atoms with Crippen molar-refractivity contribution in [1.82, 2.24) is 20.0 Å². The SMILES string of the molecule is Cn1nc(C23CC4C(CC4(C)C2)c2cc(-c4c(F)cccc4F)nnc23)oc1=O. The standard InChI is InChI=1S/C21H18F2N4O2/c1-20-7-11-10-6-15(16-13(22)4-3-5-14(16)23)24-25-17(10)21(9-20,8-12(11)20)18-26-27(2)19(28)29-18/h3-6,11-12H,7-9H2,1-2H3. The lowest BCUT2D eigenvalue weighted by Crippen LogP contribution is -2.41. The normalized spacial score (nSPS) is 31.4. The quantitative estimate of drug-likeness (QED) is 0.664. The third-order valence-electron chi connectivity index (χ3n) is 7.33. The largest absolute Gasteiger partial charge is 0.436 e. The maximum atomic E-state index is 14.3. The Balaban J connectivity index is 1.58. The summed E-state index contributed by atoms with van der Waals surface area (Å²) in [7, 11) is 1.56. The molecule has 2 fully saturated rings. The fraction of sp³-hybridized carbons (Fsp3) is 0.429. The van der Waals surface area contributed by atoms with Crippen molar-refractivity contribution in [2.75, 3.05) is 0 Å². The maximum absolute atomic E-state index is 14.3. The van der Waals surface area contributed by atoms with E-state index in [1.54, 1.807) is 13.1 Å². The van der Waals surface area contributed by atoms with Crippen LogP contribution in [0.1, 0.15) is 49.3 Å². The van der Waals surface area contributed by atoms with Gasteiger partial charge in [0, 0.05) is 7.05 Å². The van der Waals surface area contributed by atoms with Crippen LogP contribution >= 0.6 is 0 Å². The van der Waals surface area contributed by atoms with Gasteiger partial charge in [0.05, 0.1) is 22.4 Å². The summed E-state index contributed by atoms with van der Waals surface area (Å²) >= 11 is 0. The molecular weight excluding hydrogens is 378 g/mol. The molecular formula is C21H18F2N4O2. The summed E-state index contributed by atoms with van der Waals surface area (Å²) in [6.45, 7) is 2.24. The van der Waals surface area contributed by atoms with Gasteiger partial charge in [0.2, 0.25) is 5.89 Å². The first-order chi connectivity index (χ1) is 13.8. The van der Waals surface area contributed by atoms with E-state index in [1.165, 1.54) is 22.9 Å². The highest BCUT2D eigenvalue weighted by molar-refractivity contribution is 5.63. The minimum atomic E-state index is -0.665. The lowest BCUT2D eigenvalue weighted by atomic mass is 9.54. The molecule has 2 heterocycles. The predicted octanol–water partition coefficient (Wildman–Crippen LogP) is 3.31. The number of hydrogen-bond acceptors (Lipinski definition) is 5. The van der Waals surface area contributed by atoms with E-state index in [0.29, 0.717) is 11.8 Å². The molecule has 0 radical (unpaired) electrons. The first kappa shape index (κ1) is 17.0. The Morgan fingerprint density at radius 1 is 1.21 bits per heavy atom. The molecule has 2 aromatic heterocycles. The van der Waals surface area contributed by atoms with Gasteiger partial charge in [-0.05, 0) is 60.3 Å². The van der Waals surface area contributed by atoms with E-state index in [-0.39, 0.29) is 22.6 Å². The number of fused-ring (bicyclic) bond motifs is 4. The highest BCUT2D eigenvalue weighted by Gasteiger charge is 2.69. The number of benzene rings is 1. The van der Waals surface area contributed by atoms with Crippen LogP contribution in [0.15, 0.2) is 33.5 Å². The van der Waals surface area contributed by atoms with Crippen LogP contribution in [0.2, 0.25) is 0 Å². The van der Waals surface area contributed by atoms with Crippen LogP contribution in [0.3, 0.4) is 0 Å². The Morgan fingerprint density at radius 3 is 2.66 bits per heavy atom. The number of nitrogens with zero attached hydrogens (tertiary/aromatic N) is 4. The second-order valence-corrected chi connectivity index (χ2v) is 8.96. The summed E-state index contributed by atoms with van der Waals surface area (Å²) in [6, 6.07) is 5.53. The molecule has 1 aromatic carbocycles. The van der Waals surface area contributed by atoms with Gasteiger partial charge >= 0.3 is 5.76 Å². The molecule has 4 atom stereocenters. The monoisotopic (exact) mass is 396 g/mol. The number of halogens is 2. The Kier molecular flexibility index (Phi) is 3.03. The molecule has 6 nitrogen and oxygen atoms in total. The van der Waals surface area contributed by atoms with E-state index in [9.17, 15) is 13.6 Å². The van der Waals surface area contributed by atoms with E-state index in [4.69, 9.17) is 4.42 Å². The van der Waals surface area contributed by atoms with E-state index >= 15 is 0 Å². The van der Waals surface area contributed by atoms with E-state index in [0.717, 1.165) is 30.5 Å². The van der Waals surface area contributed by atoms with Crippen LogP contribution in [-0.4, -0.2) is 20.0 Å². The topological polar surface area (TPSA) is 73.8 Å². The molecule has 8 heteroatoms. The number of rotatable bonds is 2. The van der Waals surface area contributed by atoms with Crippen molar-refractivity contribution in [2.24, 2.45) is 18.4 Å². The summed E-state index contributed by atoms with van der Waals surface area (Å²) in [5.74, 6) is -0.821. The Hall–Kier alpha value is -2.90. The Bertz CT molecular complexity index is 1230. The zero-order valence-corrected chi connectivity index (χ0v) is 15.9. The summed E-state index contributed by atoms with van der Waals surface area (Å²) in [5, 5.41) is 13.0. The van der Waals surface area contributed by atoms with Crippen molar-refractivity contribution < 1.29 is 13.2 Å². The zero-order valence-electron chi connectivity index (χ0n) is 15.9. The average Bonchev–Trinajstić information content (AvgIpc) is 3.06. The van der Waals surface area contributed by atoms with Gasteiger partial charge in [0.25, 0.3) is 0 Å². The van der Waals surface area contributed by atoms with Crippen LogP contribution in [0, 0.1) is 23.0 Å². The third-order valence-corrected chi connectivity index (χ3v) is 7.33. The average molecular weight is 396 g/mol. The molecule has 2 bridgehead atoms. The Labute approximate surface area is 164 Å². The van der Waals surface area contributed by atoms with E-state index < -0.39 is 22.8 Å². The molecule has 4 unspecified atom stereocenters. The van der Waals surface area contributed by atoms with Crippen LogP contribution in [-0.2, 0) is 12.5 Å². The van der Waals surface area contributed by atoms with E-state index in [1.807, 2.05) is 0 Å². The summed E-state index contributed by atoms with van der Waals surface area (Å²) < 4.78 is 35.3. The third kappa shape index (κ3) is 1.99. The fourth-order valence-corrected chi connectivity index (χ4v) is 6.09. The predicted molar refractivity (Wildman–Crippen MR) is 98.1 cm³/mol. The molecule has 3 aliphatic rings. The van der Waals surface area contributed by atoms with Crippen molar-refractivity contribution >= 4 is 0 Å². The van der Waals surface area contributed by atoms with Crippen molar-refractivity contribution in [3.05, 3.63) is 63.6 Å². The summed E-state index contributed by atoms with van der Waals surface area (Å²) in [6.07, 6.45) is 2.54. The maximum Gasteiger partial charge on any atom is 0.436 e. The zero-order chi connectivity index (χ0) is 20.1. The molecule has 0 N–H and O–H groups in total. The Morgan fingerprint density at radius 2 is 1.97 bits per heavy atom. The molecule has 3 aliphatic carbocycles. The van der Waals surface area contributed by atoms with Gasteiger partial charge < -0.3 is 4.42 Å². The van der Waals surface area contributed by atoms with Crippen LogP contribution < -0.4 is 5.76 Å². The number of aryl methyl sites for hydroxylation is 1. The summed E-state index contributed by atoms with van der Waals surface area (Å²) in [4.78, 5) is 12.0. The minimum absolute atomic E-state index is 0.102. The molecule has 6 rings (SSSR count). The molecule has 29 heavy (non-hydrogen) atoms. The molecule has 0 aliphatic heterocycles. The van der Waals surface area contributed by atoms with Crippen LogP contribution in [0.25, 0.3) is 11.3 Å². The molecule has 0 saturated heterocycles. The van der Waals surface area contributed by atoms with Crippen molar-refractivity contribution in [3.63, 3.8) is 0 Å². The lowest BCUT2D eigenvalue weighted by molar-refractivity contribution is 0.0530. The van der Waals surface area contributed by atoms with Gasteiger partial charge in [-0.25, -0.2) is 13.6 Å². The van der Waals surface area contributed by atoms with Crippen molar-refractivity contribution in [2.45, 2.75) is 37.5 Å². The van der Waals surface area contributed by atoms with Gasteiger partial charge in [-0.2, -0.15) is 9.78 Å². The van der Waals surface area contributed by atoms with Gasteiger partial charge in [-0.15, -0.1) is 10.2 Å². The smallest absolute Gasteiger partial charge is 0.391 e. The molecule has 148 valence electrons. The van der Waals surface area contributed by atoms with Crippen LogP contribution in [0.5, 0.6) is 0 Å². The number of aromatic nitrogens is 4. The summed E-state index contributed by atoms with van der Waals surface area (Å²) in [5.41, 5.74) is 1.17. The highest BCUT2D eigenvalue weighted by Crippen LogP contribution is 2.74. The highest BCUT2D eigenvalue weighted by atomic mass is 19.1. The fourth-order valence-electron chi connectivity index (χ4n) is 6.09.